The van der Waals surface area contributed by atoms with E-state index in [9.17, 15) is 4.79 Å². The van der Waals surface area contributed by atoms with E-state index in [1.54, 1.807) is 19.1 Å². The first-order chi connectivity index (χ1) is 14.0. The Balaban J connectivity index is 1.85. The molecule has 0 aliphatic rings. The average molecular weight is 450 g/mol. The van der Waals surface area contributed by atoms with Crippen LogP contribution in [-0.4, -0.2) is 43.1 Å². The van der Waals surface area contributed by atoms with Gasteiger partial charge in [-0.3, -0.25) is 9.36 Å². The molecule has 0 unspecified atom stereocenters. The summed E-state index contributed by atoms with van der Waals surface area (Å²) in [5.74, 6) is 1.12. The number of nitrogens with zero attached hydrogens (tertiary/aromatic N) is 5. The third-order valence-corrected chi connectivity index (χ3v) is 5.70. The first-order valence-electron chi connectivity index (χ1n) is 8.90. The van der Waals surface area contributed by atoms with E-state index in [1.807, 2.05) is 36.6 Å². The van der Waals surface area contributed by atoms with Gasteiger partial charge in [0.2, 0.25) is 0 Å². The van der Waals surface area contributed by atoms with Crippen molar-refractivity contribution in [2.75, 3.05) is 12.4 Å². The molecule has 0 saturated carbocycles. The molecule has 1 aromatic carbocycles. The maximum atomic E-state index is 11.8. The quantitative estimate of drug-likeness (QED) is 0.286. The van der Waals surface area contributed by atoms with E-state index in [4.69, 9.17) is 16.3 Å². The van der Waals surface area contributed by atoms with Crippen LogP contribution in [0, 0.1) is 13.8 Å². The van der Waals surface area contributed by atoms with Crippen molar-refractivity contribution >= 4 is 41.1 Å². The smallest absolute Gasteiger partial charge is 0.316 e. The van der Waals surface area contributed by atoms with Crippen LogP contribution < -0.4 is 0 Å². The largest absolute Gasteiger partial charge is 0.465 e. The number of carbonyl (C=O) groups excluding carboxylic acids is 1. The van der Waals surface area contributed by atoms with Crippen molar-refractivity contribution in [1.82, 2.24) is 24.7 Å². The van der Waals surface area contributed by atoms with Crippen molar-refractivity contribution in [1.29, 1.82) is 0 Å². The zero-order chi connectivity index (χ0) is 20.8. The first-order valence-corrected chi connectivity index (χ1v) is 11.2. The Morgan fingerprint density at radius 1 is 1.10 bits per heavy atom. The van der Waals surface area contributed by atoms with Gasteiger partial charge in [-0.25, -0.2) is 9.97 Å². The number of halogens is 1. The van der Waals surface area contributed by atoms with Gasteiger partial charge < -0.3 is 4.74 Å². The van der Waals surface area contributed by atoms with Crippen molar-refractivity contribution in [2.45, 2.75) is 36.8 Å². The Morgan fingerprint density at radius 2 is 1.79 bits per heavy atom. The summed E-state index contributed by atoms with van der Waals surface area (Å²) in [5.41, 5.74) is 2.71. The van der Waals surface area contributed by atoms with Gasteiger partial charge in [0.15, 0.2) is 10.3 Å². The molecule has 10 heteroatoms. The van der Waals surface area contributed by atoms with Gasteiger partial charge in [-0.05, 0) is 51.1 Å². The average Bonchev–Trinajstić information content (AvgIpc) is 3.08. The molecule has 3 rings (SSSR count). The topological polar surface area (TPSA) is 82.8 Å². The number of aryl methyl sites for hydroxylation is 2. The molecule has 0 radical (unpaired) electrons. The Morgan fingerprint density at radius 3 is 2.45 bits per heavy atom. The summed E-state index contributed by atoms with van der Waals surface area (Å²) in [6.45, 7) is 6.02. The van der Waals surface area contributed by atoms with Crippen LogP contribution in [0.1, 0.15) is 24.1 Å². The monoisotopic (exact) mass is 449 g/mol. The van der Waals surface area contributed by atoms with Gasteiger partial charge >= 0.3 is 5.97 Å². The number of aromatic nitrogens is 5. The number of ether oxygens (including phenoxy) is 1. The molecule has 2 heterocycles. The number of hydrogen-bond donors (Lipinski definition) is 0. The van der Waals surface area contributed by atoms with Crippen molar-refractivity contribution in [3.8, 4) is 5.69 Å². The Labute approximate surface area is 182 Å². The summed E-state index contributed by atoms with van der Waals surface area (Å²) in [6, 6.07) is 9.33. The van der Waals surface area contributed by atoms with E-state index in [-0.39, 0.29) is 11.7 Å². The Kier molecular flexibility index (Phi) is 7.51. The van der Waals surface area contributed by atoms with Gasteiger partial charge in [0, 0.05) is 22.1 Å². The summed E-state index contributed by atoms with van der Waals surface area (Å²) in [4.78, 5) is 20.7. The standard InChI is InChI=1S/C19H20ClN5O2S2/c1-4-27-17(26)11-29-19-24-23-16(25(19)15-7-5-14(20)6-8-15)10-28-18-21-12(2)9-13(3)22-18/h5-9H,4,10-11H2,1-3H3. The molecule has 0 atom stereocenters. The number of thioether (sulfide) groups is 2. The highest BCUT2D eigenvalue weighted by Gasteiger charge is 2.17. The van der Waals surface area contributed by atoms with Gasteiger partial charge in [0.1, 0.15) is 5.82 Å². The minimum atomic E-state index is -0.289. The predicted octanol–water partition coefficient (Wildman–Crippen LogP) is 4.28. The SMILES string of the molecule is CCOC(=O)CSc1nnc(CSc2nc(C)cc(C)n2)n1-c1ccc(Cl)cc1. The van der Waals surface area contributed by atoms with E-state index in [0.717, 1.165) is 22.9 Å². The number of benzene rings is 1. The van der Waals surface area contributed by atoms with E-state index >= 15 is 0 Å². The summed E-state index contributed by atoms with van der Waals surface area (Å²) in [6.07, 6.45) is 0. The van der Waals surface area contributed by atoms with Crippen molar-refractivity contribution < 1.29 is 9.53 Å². The highest BCUT2D eigenvalue weighted by atomic mass is 35.5. The third kappa shape index (κ3) is 5.94. The molecule has 0 amide bonds. The molecule has 0 aliphatic carbocycles. The highest BCUT2D eigenvalue weighted by Crippen LogP contribution is 2.27. The van der Waals surface area contributed by atoms with Gasteiger partial charge in [0.05, 0.1) is 18.1 Å². The molecule has 0 N–H and O–H groups in total. The second-order valence-electron chi connectivity index (χ2n) is 6.03. The number of rotatable bonds is 8. The molecule has 0 saturated heterocycles. The number of carbonyl (C=O) groups is 1. The molecular formula is C19H20ClN5O2S2. The van der Waals surface area contributed by atoms with Crippen LogP contribution in [0.25, 0.3) is 5.69 Å². The van der Waals surface area contributed by atoms with Gasteiger partial charge in [-0.1, -0.05) is 35.1 Å². The van der Waals surface area contributed by atoms with Crippen LogP contribution in [0.5, 0.6) is 0 Å². The van der Waals surface area contributed by atoms with Gasteiger partial charge in [0.25, 0.3) is 0 Å². The van der Waals surface area contributed by atoms with E-state index < -0.39 is 0 Å². The maximum absolute atomic E-state index is 11.8. The Bertz CT molecular complexity index is 975. The third-order valence-electron chi connectivity index (χ3n) is 3.70. The zero-order valence-electron chi connectivity index (χ0n) is 16.3. The lowest BCUT2D eigenvalue weighted by Crippen LogP contribution is -2.08. The summed E-state index contributed by atoms with van der Waals surface area (Å²) in [5, 5.41) is 10.5. The van der Waals surface area contributed by atoms with Crippen LogP contribution in [0.15, 0.2) is 40.6 Å². The van der Waals surface area contributed by atoms with E-state index in [0.29, 0.717) is 27.7 Å². The highest BCUT2D eigenvalue weighted by molar-refractivity contribution is 7.99. The first kappa shape index (κ1) is 21.6. The van der Waals surface area contributed by atoms with Crippen molar-refractivity contribution in [3.05, 3.63) is 52.6 Å². The second kappa shape index (κ2) is 10.1. The normalized spacial score (nSPS) is 10.9. The molecule has 2 aromatic heterocycles. The minimum absolute atomic E-state index is 0.160. The summed E-state index contributed by atoms with van der Waals surface area (Å²) in [7, 11) is 0. The van der Waals surface area contributed by atoms with Gasteiger partial charge in [-0.15, -0.1) is 10.2 Å². The lowest BCUT2D eigenvalue weighted by atomic mass is 10.3. The fourth-order valence-corrected chi connectivity index (χ4v) is 4.31. The number of esters is 1. The van der Waals surface area contributed by atoms with E-state index in [1.165, 1.54) is 23.5 Å². The molecule has 0 fully saturated rings. The Hall–Kier alpha value is -2.10. The molecule has 0 aliphatic heterocycles. The van der Waals surface area contributed by atoms with Crippen LogP contribution >= 0.6 is 35.1 Å². The van der Waals surface area contributed by atoms with Crippen LogP contribution in [0.2, 0.25) is 5.02 Å². The molecular weight excluding hydrogens is 430 g/mol. The predicted molar refractivity (Wildman–Crippen MR) is 115 cm³/mol. The molecule has 7 nitrogen and oxygen atoms in total. The fraction of sp³-hybridized carbons (Fsp3) is 0.316. The van der Waals surface area contributed by atoms with Gasteiger partial charge in [-0.2, -0.15) is 0 Å². The summed E-state index contributed by atoms with van der Waals surface area (Å²) >= 11 is 8.80. The number of hydrogen-bond acceptors (Lipinski definition) is 8. The second-order valence-corrected chi connectivity index (χ2v) is 8.35. The van der Waals surface area contributed by atoms with Crippen LogP contribution in [0.4, 0.5) is 0 Å². The molecule has 152 valence electrons. The van der Waals surface area contributed by atoms with Crippen LogP contribution in [-0.2, 0) is 15.3 Å². The molecule has 0 bridgehead atoms. The molecule has 0 spiro atoms. The molecule has 3 aromatic rings. The lowest BCUT2D eigenvalue weighted by Gasteiger charge is -2.10. The molecule has 29 heavy (non-hydrogen) atoms. The fourth-order valence-electron chi connectivity index (χ4n) is 2.55. The van der Waals surface area contributed by atoms with Crippen molar-refractivity contribution in [3.63, 3.8) is 0 Å². The zero-order valence-corrected chi connectivity index (χ0v) is 18.6. The van der Waals surface area contributed by atoms with Crippen molar-refractivity contribution in [2.24, 2.45) is 0 Å². The lowest BCUT2D eigenvalue weighted by molar-refractivity contribution is -0.139. The summed E-state index contributed by atoms with van der Waals surface area (Å²) < 4.78 is 6.92. The van der Waals surface area contributed by atoms with E-state index in [2.05, 4.69) is 20.2 Å². The maximum Gasteiger partial charge on any atom is 0.316 e. The van der Waals surface area contributed by atoms with Crippen LogP contribution in [0.3, 0.4) is 0 Å². The minimum Gasteiger partial charge on any atom is -0.465 e.